The van der Waals surface area contributed by atoms with E-state index >= 15 is 0 Å². The van der Waals surface area contributed by atoms with Gasteiger partial charge in [-0.1, -0.05) is 104 Å². The van der Waals surface area contributed by atoms with E-state index in [1.54, 1.807) is 0 Å². The first-order chi connectivity index (χ1) is 23.2. The highest BCUT2D eigenvalue weighted by molar-refractivity contribution is 6.50. The zero-order chi connectivity index (χ0) is 31.0. The van der Waals surface area contributed by atoms with Gasteiger partial charge in [0.15, 0.2) is 0 Å². The summed E-state index contributed by atoms with van der Waals surface area (Å²) in [5.41, 5.74) is 8.50. The lowest BCUT2D eigenvalue weighted by atomic mass is 9.89. The van der Waals surface area contributed by atoms with E-state index in [2.05, 4.69) is 122 Å². The molecular formula is C44H28N2O. The number of rotatable bonds is 5. The average molecular weight is 601 g/mol. The largest absolute Gasteiger partial charge is 0.268 e. The molecule has 0 aliphatic carbocycles. The first kappa shape index (κ1) is 25.4. The lowest BCUT2D eigenvalue weighted by molar-refractivity contribution is 0.795. The zero-order valence-corrected chi connectivity index (χ0v) is 25.9. The molecule has 11 aromatic rings. The third kappa shape index (κ3) is 3.12. The molecule has 0 fully saturated rings. The molecule has 11 rings (SSSR count). The van der Waals surface area contributed by atoms with Gasteiger partial charge in [0.1, 0.15) is 5.65 Å². The Labute approximate surface area is 269 Å². The van der Waals surface area contributed by atoms with E-state index in [1.807, 2.05) is 4.40 Å². The molecular weight excluding hydrogens is 572 g/mol. The molecule has 2 aromatic heterocycles. The number of unbranched alkanes of at least 4 members (excludes halogenated alkanes) is 1. The summed E-state index contributed by atoms with van der Waals surface area (Å²) >= 11 is 0. The van der Waals surface area contributed by atoms with Crippen molar-refractivity contribution in [1.82, 2.24) is 9.38 Å². The molecule has 0 radical (unpaired) electrons. The lowest BCUT2D eigenvalue weighted by Gasteiger charge is -2.13. The van der Waals surface area contributed by atoms with Crippen molar-refractivity contribution < 1.29 is 0 Å². The van der Waals surface area contributed by atoms with Crippen molar-refractivity contribution in [3.8, 4) is 22.3 Å². The van der Waals surface area contributed by atoms with Gasteiger partial charge < -0.3 is 0 Å². The molecule has 0 saturated heterocycles. The quantitative estimate of drug-likeness (QED) is 0.184. The van der Waals surface area contributed by atoms with Gasteiger partial charge in [-0.3, -0.25) is 9.20 Å². The fourth-order valence-electron chi connectivity index (χ4n) is 8.74. The second-order valence-electron chi connectivity index (χ2n) is 13.3. The van der Waals surface area contributed by atoms with E-state index in [-0.39, 0.29) is 5.56 Å². The number of nitrogens with zero attached hydrogens (tertiary/aromatic N) is 2. The standard InChI is InChI=1S/C44H28N2O/c1-2-3-10-24-15-20-34-35(21-24)46-43(45-34)41-32-22-30(25-11-6-4-7-12-25)28-18-16-27-17-19-29-31(26-13-8-5-9-14-26)23-33(42(41)44(46)47)40-38(29)36(27)37(28)39(32)40/h4-9,11-23H,2-3,10H2,1H3. The van der Waals surface area contributed by atoms with E-state index in [1.165, 1.54) is 59.8 Å². The monoisotopic (exact) mass is 600 g/mol. The van der Waals surface area contributed by atoms with E-state index in [4.69, 9.17) is 4.98 Å². The number of hydrogen-bond acceptors (Lipinski definition) is 2. The van der Waals surface area contributed by atoms with Gasteiger partial charge in [0.2, 0.25) is 0 Å². The van der Waals surface area contributed by atoms with E-state index in [9.17, 15) is 4.79 Å². The molecule has 0 N–H and O–H groups in total. The van der Waals surface area contributed by atoms with Gasteiger partial charge in [-0.25, -0.2) is 4.98 Å². The summed E-state index contributed by atoms with van der Waals surface area (Å²) in [5, 5.41) is 13.9. The third-order valence-electron chi connectivity index (χ3n) is 10.8. The molecule has 3 heteroatoms. The molecule has 0 aliphatic rings. The van der Waals surface area contributed by atoms with Crippen LogP contribution in [0.25, 0.3) is 104 Å². The normalized spacial score (nSPS) is 12.7. The van der Waals surface area contributed by atoms with Crippen molar-refractivity contribution in [2.75, 3.05) is 0 Å². The first-order valence-electron chi connectivity index (χ1n) is 16.7. The molecule has 3 nitrogen and oxygen atoms in total. The number of hydrogen-bond donors (Lipinski definition) is 0. The maximum Gasteiger partial charge on any atom is 0.265 e. The van der Waals surface area contributed by atoms with Crippen molar-refractivity contribution in [3.63, 3.8) is 0 Å². The van der Waals surface area contributed by atoms with Crippen LogP contribution in [0.5, 0.6) is 0 Å². The summed E-state index contributed by atoms with van der Waals surface area (Å²) in [5.74, 6) is 0. The van der Waals surface area contributed by atoms with E-state index in [0.717, 1.165) is 68.6 Å². The summed E-state index contributed by atoms with van der Waals surface area (Å²) in [4.78, 5) is 20.2. The minimum absolute atomic E-state index is 0.0230. The number of imidazole rings is 1. The fourth-order valence-corrected chi connectivity index (χ4v) is 8.74. The second kappa shape index (κ2) is 8.92. The highest BCUT2D eigenvalue weighted by Gasteiger charge is 2.29. The molecule has 2 heterocycles. The van der Waals surface area contributed by atoms with Gasteiger partial charge in [-0.05, 0) is 119 Å². The van der Waals surface area contributed by atoms with Crippen LogP contribution in [0.15, 0.2) is 120 Å². The summed E-state index contributed by atoms with van der Waals surface area (Å²) < 4.78 is 1.90. The topological polar surface area (TPSA) is 34.4 Å². The van der Waals surface area contributed by atoms with Crippen LogP contribution in [0.3, 0.4) is 0 Å². The Bertz CT molecular complexity index is 3040. The fraction of sp³-hybridized carbons (Fsp3) is 0.0909. The Morgan fingerprint density at radius 1 is 0.574 bits per heavy atom. The van der Waals surface area contributed by atoms with Crippen LogP contribution in [-0.4, -0.2) is 9.38 Å². The minimum atomic E-state index is 0.0230. The van der Waals surface area contributed by atoms with Gasteiger partial charge in [0.25, 0.3) is 5.56 Å². The molecule has 9 aromatic carbocycles. The van der Waals surface area contributed by atoms with Gasteiger partial charge in [-0.2, -0.15) is 0 Å². The van der Waals surface area contributed by atoms with Crippen LogP contribution >= 0.6 is 0 Å². The predicted molar refractivity (Wildman–Crippen MR) is 198 cm³/mol. The van der Waals surface area contributed by atoms with Gasteiger partial charge in [0, 0.05) is 5.39 Å². The minimum Gasteiger partial charge on any atom is -0.268 e. The lowest BCUT2D eigenvalue weighted by Crippen LogP contribution is -2.06. The van der Waals surface area contributed by atoms with Crippen LogP contribution in [0.1, 0.15) is 25.3 Å². The smallest absolute Gasteiger partial charge is 0.265 e. The highest BCUT2D eigenvalue weighted by Crippen LogP contribution is 2.54. The molecule has 0 bridgehead atoms. The maximum atomic E-state index is 15.0. The van der Waals surface area contributed by atoms with Crippen LogP contribution in [0.2, 0.25) is 0 Å². The van der Waals surface area contributed by atoms with Gasteiger partial charge >= 0.3 is 0 Å². The molecule has 0 atom stereocenters. The van der Waals surface area contributed by atoms with Crippen LogP contribution < -0.4 is 5.56 Å². The average Bonchev–Trinajstić information content (AvgIpc) is 3.77. The number of aryl methyl sites for hydroxylation is 1. The van der Waals surface area contributed by atoms with Crippen molar-refractivity contribution in [3.05, 3.63) is 131 Å². The zero-order valence-electron chi connectivity index (χ0n) is 25.9. The number of aromatic nitrogens is 2. The maximum absolute atomic E-state index is 15.0. The van der Waals surface area contributed by atoms with Crippen molar-refractivity contribution in [2.45, 2.75) is 26.2 Å². The Balaban J connectivity index is 1.43. The van der Waals surface area contributed by atoms with Crippen molar-refractivity contribution in [2.24, 2.45) is 0 Å². The first-order valence-corrected chi connectivity index (χ1v) is 16.7. The van der Waals surface area contributed by atoms with Gasteiger partial charge in [-0.15, -0.1) is 0 Å². The summed E-state index contributed by atoms with van der Waals surface area (Å²) in [6.45, 7) is 2.22. The third-order valence-corrected chi connectivity index (χ3v) is 10.8. The van der Waals surface area contributed by atoms with Crippen LogP contribution in [0, 0.1) is 0 Å². The summed E-state index contributed by atoms with van der Waals surface area (Å²) in [7, 11) is 0. The van der Waals surface area contributed by atoms with E-state index < -0.39 is 0 Å². The molecule has 47 heavy (non-hydrogen) atoms. The van der Waals surface area contributed by atoms with Crippen LogP contribution in [0.4, 0.5) is 0 Å². The molecule has 0 spiro atoms. The van der Waals surface area contributed by atoms with Crippen molar-refractivity contribution >= 4 is 81.3 Å². The molecule has 0 aliphatic heterocycles. The Hall–Kier alpha value is -5.80. The highest BCUT2D eigenvalue weighted by atomic mass is 16.1. The Morgan fingerprint density at radius 2 is 1.17 bits per heavy atom. The Kier molecular flexibility index (Phi) is 4.82. The molecule has 0 unspecified atom stereocenters. The van der Waals surface area contributed by atoms with Gasteiger partial charge in [0.05, 0.1) is 16.4 Å². The van der Waals surface area contributed by atoms with E-state index in [0.29, 0.717) is 0 Å². The summed E-state index contributed by atoms with van der Waals surface area (Å²) in [6, 6.07) is 41.5. The van der Waals surface area contributed by atoms with Crippen molar-refractivity contribution in [1.29, 1.82) is 0 Å². The van der Waals surface area contributed by atoms with Crippen LogP contribution in [-0.2, 0) is 6.42 Å². The molecule has 220 valence electrons. The predicted octanol–water partition coefficient (Wildman–Crippen LogP) is 11.2. The Morgan fingerprint density at radius 3 is 1.79 bits per heavy atom. The summed E-state index contributed by atoms with van der Waals surface area (Å²) in [6.07, 6.45) is 3.25. The number of fused-ring (bicyclic) bond motifs is 7. The SMILES string of the molecule is CCCCc1ccc2nc3c4c5cc(-c6ccccc6)c6ccc7ccc8c(-c9ccccc9)cc(c4c(=O)n3c2c1)c1c8c7c6c51. The number of benzene rings is 8. The molecule has 0 saturated carbocycles. The second-order valence-corrected chi connectivity index (χ2v) is 13.3. The molecule has 0 amide bonds.